The second-order valence-electron chi connectivity index (χ2n) is 0.408. The molecule has 0 saturated heterocycles. The number of hydrogen-bond acceptors (Lipinski definition) is 4. The van der Waals surface area contributed by atoms with E-state index in [-0.39, 0.29) is 12.3 Å². The second-order valence-corrected chi connectivity index (χ2v) is 4.49. The Bertz CT molecular complexity index is 94.1. The van der Waals surface area contributed by atoms with E-state index in [2.05, 4.69) is 22.4 Å². The predicted octanol–water partition coefficient (Wildman–Crippen LogP) is 0.0774. The third-order valence-corrected chi connectivity index (χ3v) is 0. The van der Waals surface area contributed by atoms with E-state index in [0.717, 1.165) is 0 Å². The molecule has 0 amide bonds. The lowest BCUT2D eigenvalue weighted by molar-refractivity contribution is 0.482. The maximum absolute atomic E-state index is 9.26. The number of hydrogen-bond donors (Lipinski definition) is 2. The summed E-state index contributed by atoms with van der Waals surface area (Å²) in [7, 11) is -3.50. The fourth-order valence-corrected chi connectivity index (χ4v) is 0. The van der Waals surface area contributed by atoms with Crippen LogP contribution in [0.3, 0.4) is 0 Å². The summed E-state index contributed by atoms with van der Waals surface area (Å²) in [6, 6.07) is 0. The van der Waals surface area contributed by atoms with Gasteiger partial charge in [0.2, 0.25) is 0 Å². The average molecular weight is 164 g/mol. The Morgan fingerprint density at radius 3 is 1.00 bits per heavy atom. The summed E-state index contributed by atoms with van der Waals surface area (Å²) in [6.45, 7) is 0. The highest BCUT2D eigenvalue weighted by Gasteiger charge is 1.37. The first kappa shape index (κ1) is 15.6. The van der Waals surface area contributed by atoms with Gasteiger partial charge in [-0.3, -0.25) is 0 Å². The first-order chi connectivity index (χ1) is 2.00. The molecule has 0 fully saturated rings. The van der Waals surface area contributed by atoms with Crippen molar-refractivity contribution in [3.63, 3.8) is 0 Å². The van der Waals surface area contributed by atoms with Crippen LogP contribution in [0, 0.1) is 0 Å². The fraction of sp³-hybridized carbons (Fsp3) is 0. The van der Waals surface area contributed by atoms with Crippen LogP contribution in [-0.4, -0.2) is 9.11 Å². The van der Waals surface area contributed by atoms with Crippen LogP contribution in [-0.2, 0) is 30.1 Å². The van der Waals surface area contributed by atoms with Crippen molar-refractivity contribution in [1.29, 1.82) is 0 Å². The third-order valence-electron chi connectivity index (χ3n) is 0. The van der Waals surface area contributed by atoms with E-state index in [1.165, 1.54) is 0 Å². The van der Waals surface area contributed by atoms with Crippen LogP contribution in [0.1, 0.15) is 0 Å². The molecule has 0 saturated carbocycles. The van der Waals surface area contributed by atoms with Gasteiger partial charge in [-0.1, -0.05) is 22.4 Å². The Morgan fingerprint density at radius 2 is 1.00 bits per heavy atom. The van der Waals surface area contributed by atoms with Crippen molar-refractivity contribution in [1.82, 2.24) is 12.3 Å². The zero-order valence-electron chi connectivity index (χ0n) is 4.04. The van der Waals surface area contributed by atoms with Gasteiger partial charge in [-0.15, -0.1) is 0 Å². The summed E-state index contributed by atoms with van der Waals surface area (Å²) in [5.74, 6) is 0. The molecule has 0 aliphatic rings. The van der Waals surface area contributed by atoms with Gasteiger partial charge in [0.15, 0.2) is 0 Å². The van der Waals surface area contributed by atoms with E-state index in [1.54, 1.807) is 0 Å². The molecule has 0 atom stereocenters. The van der Waals surface area contributed by atoms with E-state index in [9.17, 15) is 9.11 Å². The van der Waals surface area contributed by atoms with E-state index in [0.29, 0.717) is 0 Å². The normalized spacial score (nSPS) is 8.29. The molecule has 0 aromatic heterocycles. The van der Waals surface area contributed by atoms with Crippen LogP contribution < -0.4 is 12.3 Å². The number of quaternary nitrogens is 2. The maximum Gasteiger partial charge on any atom is -0.0768 e. The molecule has 0 heterocycles. The van der Waals surface area contributed by atoms with Crippen molar-refractivity contribution < 1.29 is 9.11 Å². The monoisotopic (exact) mass is 164 g/mol. The second kappa shape index (κ2) is 4.78. The maximum atomic E-state index is 9.26. The summed E-state index contributed by atoms with van der Waals surface area (Å²) in [4.78, 5) is 0. The van der Waals surface area contributed by atoms with Gasteiger partial charge < -0.3 is 21.4 Å². The molecule has 0 unspecified atom stereocenters. The molecule has 0 aromatic carbocycles. The van der Waals surface area contributed by atoms with E-state index in [4.69, 9.17) is 0 Å². The van der Waals surface area contributed by atoms with E-state index in [1.807, 2.05) is 0 Å². The molecule has 7 heteroatoms. The van der Waals surface area contributed by atoms with Crippen LogP contribution in [0.25, 0.3) is 0 Å². The minimum absolute atomic E-state index is 0. The van der Waals surface area contributed by atoms with Gasteiger partial charge in [0.05, 0.1) is 0 Å². The fourth-order valence-electron chi connectivity index (χ4n) is 0. The van der Waals surface area contributed by atoms with E-state index >= 15 is 0 Å². The molecule has 0 aliphatic carbocycles. The van der Waals surface area contributed by atoms with Crippen LogP contribution in [0.2, 0.25) is 0 Å². The van der Waals surface area contributed by atoms with Gasteiger partial charge in [0, 0.05) is 0 Å². The molecule has 0 rings (SSSR count). The average Bonchev–Trinajstić information content (AvgIpc) is 0.722. The summed E-state index contributed by atoms with van der Waals surface area (Å²) in [5, 5.41) is 0. The smallest absolute Gasteiger partial charge is 0.0768 e. The lowest BCUT2D eigenvalue weighted by Crippen LogP contribution is -1.85. The molecule has 0 aromatic rings. The van der Waals surface area contributed by atoms with Gasteiger partial charge in [-0.2, -0.15) is 0 Å². The molecule has 0 bridgehead atoms. The molecule has 0 aliphatic heterocycles. The van der Waals surface area contributed by atoms with Crippen molar-refractivity contribution in [2.45, 2.75) is 0 Å². The Balaban J connectivity index is -0.0000000800. The molecular weight excluding hydrogens is 156 g/mol. The minimum atomic E-state index is -3.50. The van der Waals surface area contributed by atoms with Gasteiger partial charge >= 0.3 is 0 Å². The summed E-state index contributed by atoms with van der Waals surface area (Å²) in [6.07, 6.45) is 0. The van der Waals surface area contributed by atoms with E-state index < -0.39 is 7.71 Å². The highest BCUT2D eigenvalue weighted by atomic mass is 33.1. The molecule has 4 nitrogen and oxygen atoms in total. The Kier molecular flexibility index (Phi) is 10.7. The standard InChI is InChI=1S/2H3N.H2O2S3/c;;1-5(2,3)4/h2*1H3;(H2,1,2,3,4). The zero-order valence-corrected chi connectivity index (χ0v) is 6.49. The van der Waals surface area contributed by atoms with Crippen LogP contribution in [0.5, 0.6) is 0 Å². The Morgan fingerprint density at radius 1 is 1.00 bits per heavy atom. The topological polar surface area (TPSA) is 119 Å². The largest absolute Gasteiger partial charge is 0.801 e. The SMILES string of the molecule is [NH4+].[NH4+].[O-]S([O-])(=S)=S. The predicted molar refractivity (Wildman–Crippen MR) is 35.6 cm³/mol. The summed E-state index contributed by atoms with van der Waals surface area (Å²) in [5.41, 5.74) is 0. The number of rotatable bonds is 0. The first-order valence-electron chi connectivity index (χ1n) is 0.667. The quantitative estimate of drug-likeness (QED) is 0.526. The van der Waals surface area contributed by atoms with Gasteiger partial charge in [0.1, 0.15) is 0 Å². The van der Waals surface area contributed by atoms with Crippen molar-refractivity contribution in [3.8, 4) is 0 Å². The first-order valence-corrected chi connectivity index (χ1v) is 4.00. The summed E-state index contributed by atoms with van der Waals surface area (Å²) >= 11 is 7.23. The van der Waals surface area contributed by atoms with Crippen molar-refractivity contribution in [2.75, 3.05) is 0 Å². The molecule has 8 N–H and O–H groups in total. The lowest BCUT2D eigenvalue weighted by atomic mass is 14.0. The molecule has 0 spiro atoms. The zero-order chi connectivity index (χ0) is 4.50. The van der Waals surface area contributed by atoms with Crippen molar-refractivity contribution >= 4 is 30.1 Å². The summed E-state index contributed by atoms with van der Waals surface area (Å²) < 4.78 is 18.5. The van der Waals surface area contributed by atoms with Crippen LogP contribution >= 0.6 is 0 Å². The molecule has 48 valence electrons. The lowest BCUT2D eigenvalue weighted by Gasteiger charge is -2.17. The van der Waals surface area contributed by atoms with Gasteiger partial charge in [-0.25, -0.2) is 7.71 Å². The molecular formula is H8N2O2S3. The third kappa shape index (κ3) is 358. The van der Waals surface area contributed by atoms with Crippen molar-refractivity contribution in [2.24, 2.45) is 0 Å². The Labute approximate surface area is 51.9 Å². The van der Waals surface area contributed by atoms with Crippen molar-refractivity contribution in [3.05, 3.63) is 0 Å². The highest BCUT2D eigenvalue weighted by Crippen LogP contribution is 1.63. The van der Waals surface area contributed by atoms with Gasteiger partial charge in [-0.05, 0) is 0 Å². The molecule has 7 heavy (non-hydrogen) atoms. The van der Waals surface area contributed by atoms with Crippen LogP contribution in [0.4, 0.5) is 0 Å². The molecule has 0 radical (unpaired) electrons. The minimum Gasteiger partial charge on any atom is -0.801 e. The Hall–Kier alpha value is 0.630. The highest BCUT2D eigenvalue weighted by molar-refractivity contribution is 8.50. The van der Waals surface area contributed by atoms with Crippen LogP contribution in [0.15, 0.2) is 0 Å². The van der Waals surface area contributed by atoms with Gasteiger partial charge in [0.25, 0.3) is 0 Å².